The highest BCUT2D eigenvalue weighted by Gasteiger charge is 2.52. The fourth-order valence-corrected chi connectivity index (χ4v) is 5.05. The zero-order valence-electron chi connectivity index (χ0n) is 24.0. The van der Waals surface area contributed by atoms with Crippen LogP contribution in [0, 0.1) is 11.8 Å². The molecule has 0 aliphatic carbocycles. The predicted molar refractivity (Wildman–Crippen MR) is 144 cm³/mol. The molecular weight excluding hydrogens is 491 g/mol. The smallest absolute Gasteiger partial charge is 0.309 e. The Morgan fingerprint density at radius 3 is 2.68 bits per heavy atom. The average Bonchev–Trinajstić information content (AvgIpc) is 3.57. The molecule has 9 unspecified atom stereocenters. The Labute approximate surface area is 227 Å². The number of carbonyl (C=O) groups excluding carboxylic acids is 2. The van der Waals surface area contributed by atoms with Crippen LogP contribution in [0.2, 0.25) is 0 Å². The standard InChI is InChI=1S/C30H47FO7/c1-8-15-29(6,31)28-24(37-28)17-19(2)10-9-11-20(3)27-21(4)12-13-25(36-22(5)32)30(7,35)16-14-23(33)18-26(34)38-27/h9-13,19,21,23-25,27-28,33,35H,8,14-18H2,1-7H3/b10-9+,13-12-,20-11+. The van der Waals surface area contributed by atoms with Gasteiger partial charge in [0.25, 0.3) is 0 Å². The minimum Gasteiger partial charge on any atom is -0.457 e. The molecule has 0 aromatic carbocycles. The maximum atomic E-state index is 14.7. The molecule has 38 heavy (non-hydrogen) atoms. The summed E-state index contributed by atoms with van der Waals surface area (Å²) in [4.78, 5) is 24.2. The van der Waals surface area contributed by atoms with Crippen LogP contribution in [0.25, 0.3) is 0 Å². The topological polar surface area (TPSA) is 106 Å². The Bertz CT molecular complexity index is 891. The molecule has 0 bridgehead atoms. The number of cyclic esters (lactones) is 1. The van der Waals surface area contributed by atoms with Crippen molar-refractivity contribution in [3.05, 3.63) is 36.0 Å². The molecule has 7 nitrogen and oxygen atoms in total. The zero-order chi connectivity index (χ0) is 28.7. The fraction of sp³-hybridized carbons (Fsp3) is 0.733. The quantitative estimate of drug-likeness (QED) is 0.181. The molecule has 8 heteroatoms. The first-order chi connectivity index (χ1) is 17.7. The van der Waals surface area contributed by atoms with Crippen LogP contribution >= 0.6 is 0 Å². The number of esters is 2. The maximum absolute atomic E-state index is 14.7. The Kier molecular flexibility index (Phi) is 11.7. The molecule has 2 N–H and O–H groups in total. The van der Waals surface area contributed by atoms with Crippen molar-refractivity contribution in [1.82, 2.24) is 0 Å². The van der Waals surface area contributed by atoms with E-state index in [2.05, 4.69) is 6.92 Å². The summed E-state index contributed by atoms with van der Waals surface area (Å²) in [5.74, 6) is -1.18. The summed E-state index contributed by atoms with van der Waals surface area (Å²) in [6.45, 7) is 12.2. The van der Waals surface area contributed by atoms with Crippen LogP contribution in [0.3, 0.4) is 0 Å². The van der Waals surface area contributed by atoms with Gasteiger partial charge in [-0.05, 0) is 64.0 Å². The van der Waals surface area contributed by atoms with E-state index in [1.807, 2.05) is 39.0 Å². The van der Waals surface area contributed by atoms with Crippen molar-refractivity contribution in [2.45, 2.75) is 129 Å². The number of aliphatic hydroxyl groups is 2. The first-order valence-electron chi connectivity index (χ1n) is 13.8. The highest BCUT2D eigenvalue weighted by atomic mass is 19.1. The van der Waals surface area contributed by atoms with E-state index in [1.54, 1.807) is 26.0 Å². The lowest BCUT2D eigenvalue weighted by Crippen LogP contribution is -2.42. The van der Waals surface area contributed by atoms with Crippen molar-refractivity contribution in [2.24, 2.45) is 11.8 Å². The van der Waals surface area contributed by atoms with Crippen molar-refractivity contribution < 1.29 is 38.4 Å². The van der Waals surface area contributed by atoms with Crippen molar-refractivity contribution in [3.8, 4) is 0 Å². The van der Waals surface area contributed by atoms with Crippen molar-refractivity contribution in [3.63, 3.8) is 0 Å². The second kappa shape index (κ2) is 13.9. The highest BCUT2D eigenvalue weighted by molar-refractivity contribution is 5.70. The molecular formula is C30H47FO7. The van der Waals surface area contributed by atoms with E-state index in [0.29, 0.717) is 6.42 Å². The molecule has 0 spiro atoms. The van der Waals surface area contributed by atoms with Gasteiger partial charge in [0, 0.05) is 12.8 Å². The zero-order valence-corrected chi connectivity index (χ0v) is 24.0. The first kappa shape index (κ1) is 32.2. The van der Waals surface area contributed by atoms with Gasteiger partial charge in [0.15, 0.2) is 0 Å². The van der Waals surface area contributed by atoms with Gasteiger partial charge in [-0.3, -0.25) is 9.59 Å². The van der Waals surface area contributed by atoms with Crippen molar-refractivity contribution in [1.29, 1.82) is 0 Å². The predicted octanol–water partition coefficient (Wildman–Crippen LogP) is 5.14. The number of alkyl halides is 1. The number of halogens is 1. The summed E-state index contributed by atoms with van der Waals surface area (Å²) in [6.07, 6.45) is 8.34. The molecule has 0 amide bonds. The molecule has 2 aliphatic rings. The van der Waals surface area contributed by atoms with Crippen LogP contribution in [-0.4, -0.2) is 63.9 Å². The molecule has 2 aliphatic heterocycles. The van der Waals surface area contributed by atoms with Crippen molar-refractivity contribution in [2.75, 3.05) is 0 Å². The van der Waals surface area contributed by atoms with E-state index < -0.39 is 41.5 Å². The molecule has 216 valence electrons. The van der Waals surface area contributed by atoms with Gasteiger partial charge in [0.2, 0.25) is 0 Å². The Morgan fingerprint density at radius 1 is 1.37 bits per heavy atom. The summed E-state index contributed by atoms with van der Waals surface area (Å²) in [5, 5.41) is 21.3. The summed E-state index contributed by atoms with van der Waals surface area (Å²) >= 11 is 0. The third kappa shape index (κ3) is 9.93. The van der Waals surface area contributed by atoms with Crippen LogP contribution in [0.15, 0.2) is 36.0 Å². The summed E-state index contributed by atoms with van der Waals surface area (Å²) in [6, 6.07) is 0. The number of rotatable bonds is 9. The van der Waals surface area contributed by atoms with Crippen LogP contribution in [-0.2, 0) is 23.8 Å². The number of allylic oxidation sites excluding steroid dienone is 3. The van der Waals surface area contributed by atoms with E-state index in [1.165, 1.54) is 6.92 Å². The Morgan fingerprint density at radius 2 is 2.05 bits per heavy atom. The normalized spacial score (nSPS) is 36.4. The highest BCUT2D eigenvalue weighted by Crippen LogP contribution is 2.41. The van der Waals surface area contributed by atoms with E-state index in [-0.39, 0.29) is 43.3 Å². The van der Waals surface area contributed by atoms with Gasteiger partial charge < -0.3 is 24.4 Å². The number of hydrogen-bond acceptors (Lipinski definition) is 7. The van der Waals surface area contributed by atoms with Crippen molar-refractivity contribution >= 4 is 11.9 Å². The molecule has 0 aromatic rings. The SMILES string of the molecule is CCCC(C)(F)C1OC1CC(C)/C=C/C=C(\C)C1OC(=O)CC(O)CCC(C)(O)C(OC(C)=O)/C=C\C1C. The van der Waals surface area contributed by atoms with E-state index in [0.717, 1.165) is 18.4 Å². The molecule has 0 radical (unpaired) electrons. The molecule has 2 rings (SSSR count). The minimum atomic E-state index is -1.41. The van der Waals surface area contributed by atoms with E-state index >= 15 is 0 Å². The second-order valence-electron chi connectivity index (χ2n) is 11.6. The van der Waals surface area contributed by atoms with Gasteiger partial charge in [0.05, 0.1) is 18.6 Å². The summed E-state index contributed by atoms with van der Waals surface area (Å²) in [5.41, 5.74) is -1.91. The lowest BCUT2D eigenvalue weighted by Gasteiger charge is -2.32. The van der Waals surface area contributed by atoms with Gasteiger partial charge >= 0.3 is 11.9 Å². The monoisotopic (exact) mass is 538 g/mol. The lowest BCUT2D eigenvalue weighted by molar-refractivity contribution is -0.157. The Balaban J connectivity index is 2.14. The van der Waals surface area contributed by atoms with Gasteiger partial charge in [-0.1, -0.05) is 51.5 Å². The van der Waals surface area contributed by atoms with Crippen LogP contribution < -0.4 is 0 Å². The minimum absolute atomic E-state index is 0.0764. The van der Waals surface area contributed by atoms with Gasteiger partial charge in [-0.25, -0.2) is 4.39 Å². The third-order valence-electron chi connectivity index (χ3n) is 7.38. The Hall–Kier alpha value is -2.03. The molecule has 0 saturated carbocycles. The maximum Gasteiger partial charge on any atom is 0.309 e. The molecule has 1 saturated heterocycles. The molecule has 0 aromatic heterocycles. The lowest BCUT2D eigenvalue weighted by atomic mass is 9.88. The van der Waals surface area contributed by atoms with Gasteiger partial charge in [-0.2, -0.15) is 0 Å². The fourth-order valence-electron chi connectivity index (χ4n) is 5.05. The van der Waals surface area contributed by atoms with Gasteiger partial charge in [0.1, 0.15) is 29.6 Å². The van der Waals surface area contributed by atoms with E-state index in [4.69, 9.17) is 14.2 Å². The number of aliphatic hydroxyl groups excluding tert-OH is 1. The van der Waals surface area contributed by atoms with Crippen LogP contribution in [0.4, 0.5) is 4.39 Å². The molecule has 2 heterocycles. The number of ether oxygens (including phenoxy) is 3. The van der Waals surface area contributed by atoms with Crippen LogP contribution in [0.1, 0.15) is 87.0 Å². The first-order valence-corrected chi connectivity index (χ1v) is 13.8. The second-order valence-corrected chi connectivity index (χ2v) is 11.6. The molecule has 1 fully saturated rings. The van der Waals surface area contributed by atoms with Gasteiger partial charge in [-0.15, -0.1) is 0 Å². The number of epoxide rings is 1. The largest absolute Gasteiger partial charge is 0.457 e. The number of carbonyl (C=O) groups is 2. The summed E-state index contributed by atoms with van der Waals surface area (Å²) in [7, 11) is 0. The van der Waals surface area contributed by atoms with E-state index in [9.17, 15) is 24.2 Å². The molecule has 9 atom stereocenters. The average molecular weight is 539 g/mol. The number of hydrogen-bond donors (Lipinski definition) is 2. The third-order valence-corrected chi connectivity index (χ3v) is 7.38. The van der Waals surface area contributed by atoms with Crippen LogP contribution in [0.5, 0.6) is 0 Å². The summed E-state index contributed by atoms with van der Waals surface area (Å²) < 4.78 is 31.4.